The summed E-state index contributed by atoms with van der Waals surface area (Å²) in [5, 5.41) is 6.53. The molecular formula is C11H12Br2N4O2S. The zero-order valence-corrected chi connectivity index (χ0v) is 14.4. The van der Waals surface area contributed by atoms with Crippen molar-refractivity contribution in [2.24, 2.45) is 5.73 Å². The van der Waals surface area contributed by atoms with E-state index in [1.807, 2.05) is 0 Å². The van der Waals surface area contributed by atoms with Crippen LogP contribution in [-0.2, 0) is 16.6 Å². The SMILES string of the molecule is Cc1[nH]nc(CN)c1S(=O)(=O)Nc1cc(Br)ccc1Br. The van der Waals surface area contributed by atoms with Gasteiger partial charge in [0.05, 0.1) is 17.1 Å². The van der Waals surface area contributed by atoms with Crippen LogP contribution in [0.4, 0.5) is 5.69 Å². The van der Waals surface area contributed by atoms with Crippen LogP contribution in [-0.4, -0.2) is 18.6 Å². The van der Waals surface area contributed by atoms with Crippen molar-refractivity contribution in [3.63, 3.8) is 0 Å². The van der Waals surface area contributed by atoms with E-state index >= 15 is 0 Å². The number of nitrogens with two attached hydrogens (primary N) is 1. The summed E-state index contributed by atoms with van der Waals surface area (Å²) in [6.07, 6.45) is 0. The molecule has 0 fully saturated rings. The second-order valence-electron chi connectivity index (χ2n) is 4.06. The van der Waals surface area contributed by atoms with Crippen molar-refractivity contribution in [2.45, 2.75) is 18.4 Å². The summed E-state index contributed by atoms with van der Waals surface area (Å²) in [6.45, 7) is 1.68. The maximum atomic E-state index is 12.5. The van der Waals surface area contributed by atoms with Gasteiger partial charge < -0.3 is 5.73 Å². The van der Waals surface area contributed by atoms with Gasteiger partial charge in [-0.15, -0.1) is 0 Å². The molecule has 0 radical (unpaired) electrons. The normalized spacial score (nSPS) is 11.6. The minimum atomic E-state index is -3.76. The third-order valence-corrected chi connectivity index (χ3v) is 5.35. The van der Waals surface area contributed by atoms with Crippen LogP contribution in [0.25, 0.3) is 0 Å². The Morgan fingerprint density at radius 3 is 2.75 bits per heavy atom. The van der Waals surface area contributed by atoms with E-state index in [1.165, 1.54) is 0 Å². The van der Waals surface area contributed by atoms with E-state index in [1.54, 1.807) is 25.1 Å². The molecule has 0 aliphatic rings. The van der Waals surface area contributed by atoms with E-state index in [2.05, 4.69) is 46.8 Å². The molecule has 0 aliphatic carbocycles. The maximum Gasteiger partial charge on any atom is 0.265 e. The number of H-pyrrole nitrogens is 1. The highest BCUT2D eigenvalue weighted by atomic mass is 79.9. The van der Waals surface area contributed by atoms with Crippen LogP contribution in [0.1, 0.15) is 11.4 Å². The van der Waals surface area contributed by atoms with Gasteiger partial charge in [-0.3, -0.25) is 9.82 Å². The molecular weight excluding hydrogens is 412 g/mol. The van der Waals surface area contributed by atoms with Crippen LogP contribution in [0.15, 0.2) is 32.0 Å². The summed E-state index contributed by atoms with van der Waals surface area (Å²) in [5.74, 6) is 0. The fourth-order valence-corrected chi connectivity index (χ4v) is 4.02. The first-order chi connectivity index (χ1) is 9.35. The molecule has 0 spiro atoms. The molecule has 1 heterocycles. The predicted octanol–water partition coefficient (Wildman–Crippen LogP) is 2.50. The van der Waals surface area contributed by atoms with Crippen LogP contribution in [0, 0.1) is 6.92 Å². The summed E-state index contributed by atoms with van der Waals surface area (Å²) in [6, 6.07) is 5.21. The summed E-state index contributed by atoms with van der Waals surface area (Å²) < 4.78 is 28.9. The smallest absolute Gasteiger partial charge is 0.265 e. The van der Waals surface area contributed by atoms with Crippen molar-refractivity contribution < 1.29 is 8.42 Å². The van der Waals surface area contributed by atoms with Crippen molar-refractivity contribution in [1.29, 1.82) is 0 Å². The van der Waals surface area contributed by atoms with E-state index in [0.29, 0.717) is 21.5 Å². The molecule has 2 aromatic rings. The van der Waals surface area contributed by atoms with Gasteiger partial charge in [-0.1, -0.05) is 15.9 Å². The average Bonchev–Trinajstić information content (AvgIpc) is 2.75. The van der Waals surface area contributed by atoms with Crippen molar-refractivity contribution in [3.05, 3.63) is 38.5 Å². The Morgan fingerprint density at radius 2 is 2.10 bits per heavy atom. The highest BCUT2D eigenvalue weighted by Crippen LogP contribution is 2.29. The standard InChI is InChI=1S/C11H12Br2N4O2S/c1-6-11(10(5-14)16-15-6)20(18,19)17-9-4-7(12)2-3-8(9)13/h2-4,17H,5,14H2,1H3,(H,15,16). The minimum absolute atomic E-state index is 0.0419. The van der Waals surface area contributed by atoms with Gasteiger partial charge in [-0.05, 0) is 41.1 Å². The van der Waals surface area contributed by atoms with Crippen LogP contribution >= 0.6 is 31.9 Å². The van der Waals surface area contributed by atoms with Gasteiger partial charge in [-0.25, -0.2) is 8.42 Å². The molecule has 108 valence electrons. The van der Waals surface area contributed by atoms with Crippen LogP contribution < -0.4 is 10.5 Å². The number of nitrogens with zero attached hydrogens (tertiary/aromatic N) is 1. The van der Waals surface area contributed by atoms with Crippen LogP contribution in [0.5, 0.6) is 0 Å². The van der Waals surface area contributed by atoms with Gasteiger partial charge >= 0.3 is 0 Å². The number of hydrogen-bond acceptors (Lipinski definition) is 4. The van der Waals surface area contributed by atoms with Crippen LogP contribution in [0.3, 0.4) is 0 Å². The molecule has 2 rings (SSSR count). The Balaban J connectivity index is 2.46. The molecule has 0 aliphatic heterocycles. The molecule has 1 aromatic carbocycles. The first-order valence-electron chi connectivity index (χ1n) is 5.57. The fraction of sp³-hybridized carbons (Fsp3) is 0.182. The topological polar surface area (TPSA) is 101 Å². The number of nitrogens with one attached hydrogen (secondary N) is 2. The van der Waals surface area contributed by atoms with E-state index in [-0.39, 0.29) is 11.4 Å². The quantitative estimate of drug-likeness (QED) is 0.703. The second-order valence-corrected chi connectivity index (χ2v) is 7.45. The highest BCUT2D eigenvalue weighted by Gasteiger charge is 2.24. The summed E-state index contributed by atoms with van der Waals surface area (Å²) in [5.41, 5.74) is 6.70. The zero-order chi connectivity index (χ0) is 14.9. The van der Waals surface area contributed by atoms with Crippen LogP contribution in [0.2, 0.25) is 0 Å². The monoisotopic (exact) mass is 422 g/mol. The highest BCUT2D eigenvalue weighted by molar-refractivity contribution is 9.11. The molecule has 0 saturated heterocycles. The van der Waals surface area contributed by atoms with Gasteiger partial charge in [0.1, 0.15) is 4.90 Å². The number of benzene rings is 1. The number of aromatic nitrogens is 2. The number of halogens is 2. The largest absolute Gasteiger partial charge is 0.325 e. The van der Waals surface area contributed by atoms with Crippen molar-refractivity contribution in [1.82, 2.24) is 10.2 Å². The lowest BCUT2D eigenvalue weighted by atomic mass is 10.3. The van der Waals surface area contributed by atoms with Gasteiger partial charge in [0, 0.05) is 15.5 Å². The lowest BCUT2D eigenvalue weighted by Gasteiger charge is -2.10. The van der Waals surface area contributed by atoms with Crippen molar-refractivity contribution in [3.8, 4) is 0 Å². The molecule has 0 atom stereocenters. The molecule has 0 amide bonds. The molecule has 0 bridgehead atoms. The third kappa shape index (κ3) is 3.05. The Kier molecular flexibility index (Phi) is 4.52. The Labute approximate surface area is 133 Å². The number of aryl methyl sites for hydroxylation is 1. The maximum absolute atomic E-state index is 12.5. The predicted molar refractivity (Wildman–Crippen MR) is 83.9 cm³/mol. The number of aromatic amines is 1. The first kappa shape index (κ1) is 15.5. The van der Waals surface area contributed by atoms with Crippen molar-refractivity contribution in [2.75, 3.05) is 4.72 Å². The summed E-state index contributed by atoms with van der Waals surface area (Å²) in [7, 11) is -3.76. The first-order valence-corrected chi connectivity index (χ1v) is 8.64. The van der Waals surface area contributed by atoms with Gasteiger partial charge in [0.2, 0.25) is 0 Å². The zero-order valence-electron chi connectivity index (χ0n) is 10.4. The summed E-state index contributed by atoms with van der Waals surface area (Å²) in [4.78, 5) is 0.0897. The van der Waals surface area contributed by atoms with Gasteiger partial charge in [0.25, 0.3) is 10.0 Å². The van der Waals surface area contributed by atoms with Crippen molar-refractivity contribution >= 4 is 47.6 Å². The second kappa shape index (κ2) is 5.84. The number of rotatable bonds is 4. The van der Waals surface area contributed by atoms with E-state index in [9.17, 15) is 8.42 Å². The number of anilines is 1. The molecule has 0 unspecified atom stereocenters. The fourth-order valence-electron chi connectivity index (χ4n) is 1.74. The van der Waals surface area contributed by atoms with E-state index in [0.717, 1.165) is 4.47 Å². The van der Waals surface area contributed by atoms with E-state index in [4.69, 9.17) is 5.73 Å². The third-order valence-electron chi connectivity index (χ3n) is 2.60. The molecule has 0 saturated carbocycles. The number of sulfonamides is 1. The molecule has 20 heavy (non-hydrogen) atoms. The number of hydrogen-bond donors (Lipinski definition) is 3. The lowest BCUT2D eigenvalue weighted by molar-refractivity contribution is 0.599. The molecule has 4 N–H and O–H groups in total. The lowest BCUT2D eigenvalue weighted by Crippen LogP contribution is -2.16. The molecule has 1 aromatic heterocycles. The summed E-state index contributed by atoms with van der Waals surface area (Å²) >= 11 is 6.61. The Morgan fingerprint density at radius 1 is 1.40 bits per heavy atom. The molecule has 6 nitrogen and oxygen atoms in total. The Hall–Kier alpha value is -0.900. The minimum Gasteiger partial charge on any atom is -0.325 e. The Bertz CT molecular complexity index is 743. The molecule has 9 heteroatoms. The van der Waals surface area contributed by atoms with Gasteiger partial charge in [-0.2, -0.15) is 5.10 Å². The average molecular weight is 424 g/mol. The van der Waals surface area contributed by atoms with Gasteiger partial charge in [0.15, 0.2) is 0 Å². The van der Waals surface area contributed by atoms with E-state index < -0.39 is 10.0 Å².